The normalized spacial score (nSPS) is 21.5. The summed E-state index contributed by atoms with van der Waals surface area (Å²) in [6.07, 6.45) is -0.562. The number of nitrogens with zero attached hydrogens (tertiary/aromatic N) is 1. The van der Waals surface area contributed by atoms with E-state index in [2.05, 4.69) is 0 Å². The molecule has 1 saturated heterocycles. The van der Waals surface area contributed by atoms with Crippen LogP contribution in [0, 0.1) is 5.82 Å². The van der Waals surface area contributed by atoms with Crippen LogP contribution in [0.15, 0.2) is 18.2 Å². The van der Waals surface area contributed by atoms with E-state index in [9.17, 15) is 9.18 Å². The average Bonchev–Trinajstić information content (AvgIpc) is 2.31. The van der Waals surface area contributed by atoms with Crippen LogP contribution in [0.25, 0.3) is 0 Å². The van der Waals surface area contributed by atoms with Crippen molar-refractivity contribution in [2.24, 2.45) is 0 Å². The number of hydrogen-bond donors (Lipinski definition) is 0. The van der Waals surface area contributed by atoms with E-state index in [1.165, 1.54) is 12.1 Å². The molecule has 1 heterocycles. The van der Waals surface area contributed by atoms with Crippen LogP contribution in [-0.2, 0) is 4.74 Å². The highest BCUT2D eigenvalue weighted by Gasteiger charge is 2.27. The van der Waals surface area contributed by atoms with Gasteiger partial charge in [0, 0.05) is 18.7 Å². The monoisotopic (exact) mass is 257 g/mol. The fourth-order valence-electron chi connectivity index (χ4n) is 1.80. The maximum atomic E-state index is 13.1. The lowest BCUT2D eigenvalue weighted by Gasteiger charge is -2.29. The highest BCUT2D eigenvalue weighted by atomic mass is 35.5. The molecular formula is C12H13ClFNO2. The summed E-state index contributed by atoms with van der Waals surface area (Å²) in [4.78, 5) is 14.1. The van der Waals surface area contributed by atoms with Crippen LogP contribution in [0.2, 0.25) is 5.02 Å². The predicted molar refractivity (Wildman–Crippen MR) is 63.0 cm³/mol. The third-order valence-electron chi connectivity index (χ3n) is 2.76. The number of benzene rings is 1. The molecule has 2 rings (SSSR count). The molecule has 0 N–H and O–H groups in total. The molecule has 17 heavy (non-hydrogen) atoms. The Hall–Kier alpha value is -0.970. The van der Waals surface area contributed by atoms with Crippen molar-refractivity contribution in [2.75, 3.05) is 26.7 Å². The van der Waals surface area contributed by atoms with Gasteiger partial charge in [-0.1, -0.05) is 11.6 Å². The zero-order valence-electron chi connectivity index (χ0n) is 9.45. The third-order valence-corrected chi connectivity index (χ3v) is 3.09. The van der Waals surface area contributed by atoms with Gasteiger partial charge in [0.25, 0.3) is 0 Å². The molecule has 1 aliphatic heterocycles. The molecule has 5 heteroatoms. The number of halogens is 2. The molecule has 92 valence electrons. The fourth-order valence-corrected chi connectivity index (χ4v) is 2.01. The molecule has 3 nitrogen and oxygen atoms in total. The zero-order valence-corrected chi connectivity index (χ0v) is 10.2. The fraction of sp³-hybridized carbons (Fsp3) is 0.417. The summed E-state index contributed by atoms with van der Waals surface area (Å²) < 4.78 is 18.5. The van der Waals surface area contributed by atoms with E-state index in [0.717, 1.165) is 12.6 Å². The molecule has 0 aromatic heterocycles. The van der Waals surface area contributed by atoms with Gasteiger partial charge in [0.05, 0.1) is 11.6 Å². The van der Waals surface area contributed by atoms with Crippen LogP contribution < -0.4 is 0 Å². The number of rotatable bonds is 2. The molecule has 0 amide bonds. The van der Waals surface area contributed by atoms with Crippen molar-refractivity contribution in [3.63, 3.8) is 0 Å². The maximum absolute atomic E-state index is 13.1. The van der Waals surface area contributed by atoms with Crippen molar-refractivity contribution in [3.05, 3.63) is 34.6 Å². The van der Waals surface area contributed by atoms with Crippen molar-refractivity contribution in [3.8, 4) is 0 Å². The molecule has 0 saturated carbocycles. The Kier molecular flexibility index (Phi) is 3.76. The number of likely N-dealkylation sites (N-methyl/N-ethyl adjacent to an activating group) is 1. The summed E-state index contributed by atoms with van der Waals surface area (Å²) in [5, 5.41) is 0.258. The van der Waals surface area contributed by atoms with Gasteiger partial charge in [-0.05, 0) is 25.2 Å². The molecule has 0 radical (unpaired) electrons. The van der Waals surface area contributed by atoms with Crippen molar-refractivity contribution in [1.29, 1.82) is 0 Å². The lowest BCUT2D eigenvalue weighted by Crippen LogP contribution is -2.44. The van der Waals surface area contributed by atoms with Crippen molar-refractivity contribution >= 4 is 17.4 Å². The van der Waals surface area contributed by atoms with Crippen LogP contribution >= 0.6 is 11.6 Å². The minimum Gasteiger partial charge on any atom is -0.367 e. The number of ether oxygens (including phenoxy) is 1. The maximum Gasteiger partial charge on any atom is 0.194 e. The Balaban J connectivity index is 2.21. The average molecular weight is 258 g/mol. The molecule has 1 atom stereocenters. The lowest BCUT2D eigenvalue weighted by atomic mass is 10.0. The van der Waals surface area contributed by atoms with E-state index >= 15 is 0 Å². The van der Waals surface area contributed by atoms with Crippen LogP contribution in [0.1, 0.15) is 10.4 Å². The lowest BCUT2D eigenvalue weighted by molar-refractivity contribution is -0.00863. The number of hydrogen-bond acceptors (Lipinski definition) is 3. The number of Topliss-reactive ketones (excluding diaryl/α,β-unsaturated/α-hetero) is 1. The summed E-state index contributed by atoms with van der Waals surface area (Å²) in [5.74, 6) is -0.733. The number of ketones is 1. The summed E-state index contributed by atoms with van der Waals surface area (Å²) in [6, 6.07) is 3.77. The second-order valence-electron chi connectivity index (χ2n) is 4.11. The first kappa shape index (κ1) is 12.5. The van der Waals surface area contributed by atoms with Gasteiger partial charge < -0.3 is 9.64 Å². The molecule has 1 aliphatic rings. The van der Waals surface area contributed by atoms with E-state index in [1.807, 2.05) is 11.9 Å². The molecular weight excluding hydrogens is 245 g/mol. The van der Waals surface area contributed by atoms with Crippen molar-refractivity contribution in [2.45, 2.75) is 6.10 Å². The molecule has 0 aliphatic carbocycles. The van der Waals surface area contributed by atoms with Gasteiger partial charge in [0.1, 0.15) is 11.9 Å². The Labute approximate surface area is 104 Å². The van der Waals surface area contributed by atoms with Gasteiger partial charge in [-0.2, -0.15) is 0 Å². The Morgan fingerprint density at radius 1 is 1.59 bits per heavy atom. The highest BCUT2D eigenvalue weighted by Crippen LogP contribution is 2.20. The van der Waals surface area contributed by atoms with Gasteiger partial charge in [-0.15, -0.1) is 0 Å². The Morgan fingerprint density at radius 3 is 3.06 bits per heavy atom. The molecule has 0 bridgehead atoms. The minimum absolute atomic E-state index is 0.187. The Morgan fingerprint density at radius 2 is 2.35 bits per heavy atom. The van der Waals surface area contributed by atoms with E-state index in [-0.39, 0.29) is 16.4 Å². The number of carbonyl (C=O) groups excluding carboxylic acids is 1. The van der Waals surface area contributed by atoms with Crippen LogP contribution in [-0.4, -0.2) is 43.5 Å². The van der Waals surface area contributed by atoms with E-state index in [4.69, 9.17) is 16.3 Å². The van der Waals surface area contributed by atoms with Crippen LogP contribution in [0.4, 0.5) is 4.39 Å². The van der Waals surface area contributed by atoms with Gasteiger partial charge >= 0.3 is 0 Å². The van der Waals surface area contributed by atoms with Gasteiger partial charge in [-0.25, -0.2) is 4.39 Å². The smallest absolute Gasteiger partial charge is 0.194 e. The first-order chi connectivity index (χ1) is 8.08. The van der Waals surface area contributed by atoms with Gasteiger partial charge in [0.2, 0.25) is 0 Å². The SMILES string of the molecule is CN1CCOC(C(=O)c2cc(F)ccc2Cl)C1. The first-order valence-electron chi connectivity index (χ1n) is 5.37. The summed E-state index contributed by atoms with van der Waals surface area (Å²) in [7, 11) is 1.91. The summed E-state index contributed by atoms with van der Waals surface area (Å²) >= 11 is 5.89. The van der Waals surface area contributed by atoms with Crippen molar-refractivity contribution in [1.82, 2.24) is 4.90 Å². The number of morpholine rings is 1. The second-order valence-corrected chi connectivity index (χ2v) is 4.52. The largest absolute Gasteiger partial charge is 0.367 e. The summed E-state index contributed by atoms with van der Waals surface area (Å²) in [5.41, 5.74) is 0.187. The van der Waals surface area contributed by atoms with Gasteiger partial charge in [-0.3, -0.25) is 4.79 Å². The molecule has 1 aromatic rings. The first-order valence-corrected chi connectivity index (χ1v) is 5.75. The van der Waals surface area contributed by atoms with Crippen LogP contribution in [0.5, 0.6) is 0 Å². The van der Waals surface area contributed by atoms with Gasteiger partial charge in [0.15, 0.2) is 5.78 Å². The molecule has 0 spiro atoms. The summed E-state index contributed by atoms with van der Waals surface area (Å²) in [6.45, 7) is 1.80. The highest BCUT2D eigenvalue weighted by molar-refractivity contribution is 6.34. The van der Waals surface area contributed by atoms with E-state index < -0.39 is 11.9 Å². The minimum atomic E-state index is -0.562. The van der Waals surface area contributed by atoms with Crippen molar-refractivity contribution < 1.29 is 13.9 Å². The zero-order chi connectivity index (χ0) is 12.4. The standard InChI is InChI=1S/C12H13ClFNO2/c1-15-4-5-17-11(7-15)12(16)9-6-8(14)2-3-10(9)13/h2-3,6,11H,4-5,7H2,1H3. The van der Waals surface area contributed by atoms with Crippen LogP contribution in [0.3, 0.4) is 0 Å². The third kappa shape index (κ3) is 2.83. The number of carbonyl (C=O) groups is 1. The van der Waals surface area contributed by atoms with E-state index in [0.29, 0.717) is 13.2 Å². The molecule has 1 unspecified atom stereocenters. The second kappa shape index (κ2) is 5.12. The quantitative estimate of drug-likeness (QED) is 0.759. The van der Waals surface area contributed by atoms with E-state index in [1.54, 1.807) is 0 Å². The predicted octanol–water partition coefficient (Wildman–Crippen LogP) is 1.99. The molecule has 1 aromatic carbocycles. The molecule has 1 fully saturated rings. The Bertz CT molecular complexity index is 439. The topological polar surface area (TPSA) is 29.5 Å².